The van der Waals surface area contributed by atoms with E-state index in [0.29, 0.717) is 6.42 Å². The molecule has 0 bridgehead atoms. The maximum atomic E-state index is 12.3. The van der Waals surface area contributed by atoms with Crippen LogP contribution in [0.5, 0.6) is 0 Å². The van der Waals surface area contributed by atoms with E-state index in [1.807, 2.05) is 36.4 Å². The smallest absolute Gasteiger partial charge is 0.133 e. The van der Waals surface area contributed by atoms with Gasteiger partial charge in [-0.1, -0.05) is 36.4 Å². The quantitative estimate of drug-likeness (QED) is 0.576. The second-order valence-electron chi connectivity index (χ2n) is 3.76. The van der Waals surface area contributed by atoms with Crippen LogP contribution >= 0.6 is 7.14 Å². The first-order chi connectivity index (χ1) is 7.67. The summed E-state index contributed by atoms with van der Waals surface area (Å²) in [6.45, 7) is 1.77. The van der Waals surface area contributed by atoms with Crippen molar-refractivity contribution in [2.45, 2.75) is 19.3 Å². The maximum Gasteiger partial charge on any atom is 0.133 e. The molecule has 0 saturated carbocycles. The average Bonchev–Trinajstić information content (AvgIpc) is 2.30. The zero-order chi connectivity index (χ0) is 11.9. The van der Waals surface area contributed by atoms with Crippen molar-refractivity contribution in [1.82, 2.24) is 0 Å². The first-order valence-corrected chi connectivity index (χ1v) is 7.56. The van der Waals surface area contributed by atoms with Crippen LogP contribution in [-0.2, 0) is 4.57 Å². The molecule has 0 N–H and O–H groups in total. The molecular weight excluding hydrogens is 217 g/mol. The number of allylic oxidation sites excluding steroid dienone is 1. The van der Waals surface area contributed by atoms with Crippen LogP contribution in [0.2, 0.25) is 0 Å². The van der Waals surface area contributed by atoms with Crippen molar-refractivity contribution < 1.29 is 4.57 Å². The molecule has 1 aromatic rings. The van der Waals surface area contributed by atoms with Gasteiger partial charge in [0.15, 0.2) is 0 Å². The number of nitriles is 1. The highest BCUT2D eigenvalue weighted by Crippen LogP contribution is 2.41. The minimum atomic E-state index is -2.36. The molecule has 1 unspecified atom stereocenters. The number of unbranched alkanes of at least 4 members (excludes halogenated alkanes) is 2. The molecule has 0 heterocycles. The topological polar surface area (TPSA) is 40.9 Å². The lowest BCUT2D eigenvalue weighted by Crippen LogP contribution is -1.99. The fourth-order valence-electron chi connectivity index (χ4n) is 1.38. The second-order valence-corrected chi connectivity index (χ2v) is 6.56. The van der Waals surface area contributed by atoms with Crippen molar-refractivity contribution in [2.24, 2.45) is 0 Å². The van der Waals surface area contributed by atoms with E-state index in [0.717, 1.165) is 18.1 Å². The van der Waals surface area contributed by atoms with E-state index in [9.17, 15) is 4.57 Å². The number of hydrogen-bond acceptors (Lipinski definition) is 2. The minimum Gasteiger partial charge on any atom is -0.315 e. The van der Waals surface area contributed by atoms with E-state index in [1.165, 1.54) is 0 Å². The van der Waals surface area contributed by atoms with Crippen LogP contribution in [0, 0.1) is 11.3 Å². The molecular formula is C13H16NOP. The van der Waals surface area contributed by atoms with Crippen LogP contribution in [0.25, 0.3) is 0 Å². The molecule has 0 spiro atoms. The normalized spacial score (nSPS) is 14.5. The Balaban J connectivity index is 2.59. The number of benzene rings is 1. The fraction of sp³-hybridized carbons (Fsp3) is 0.308. The van der Waals surface area contributed by atoms with E-state index in [-0.39, 0.29) is 0 Å². The van der Waals surface area contributed by atoms with Crippen LogP contribution in [-0.4, -0.2) is 6.66 Å². The molecule has 0 fully saturated rings. The Morgan fingerprint density at radius 2 is 2.06 bits per heavy atom. The van der Waals surface area contributed by atoms with E-state index in [2.05, 4.69) is 6.07 Å². The third-order valence-corrected chi connectivity index (χ3v) is 4.42. The molecule has 1 atom stereocenters. The summed E-state index contributed by atoms with van der Waals surface area (Å²) < 4.78 is 12.3. The average molecular weight is 233 g/mol. The van der Waals surface area contributed by atoms with Crippen LogP contribution < -0.4 is 5.30 Å². The standard InChI is InChI=1S/C13H16NOP/c1-16(15,12-8-3-2-7-11-14)13-9-5-4-6-10-13/h4-6,8-10,12H,2-3,7H2,1H3/b12-8+. The van der Waals surface area contributed by atoms with Gasteiger partial charge in [-0.3, -0.25) is 0 Å². The Bertz CT molecular complexity index is 431. The Morgan fingerprint density at radius 3 is 2.69 bits per heavy atom. The molecule has 0 aliphatic carbocycles. The molecule has 0 radical (unpaired) electrons. The summed E-state index contributed by atoms with van der Waals surface area (Å²) in [6, 6.07) is 11.6. The van der Waals surface area contributed by atoms with Gasteiger partial charge in [-0.2, -0.15) is 5.26 Å². The minimum absolute atomic E-state index is 0.559. The van der Waals surface area contributed by atoms with E-state index in [1.54, 1.807) is 12.5 Å². The van der Waals surface area contributed by atoms with Crippen molar-refractivity contribution in [3.05, 3.63) is 42.2 Å². The number of rotatable bonds is 5. The van der Waals surface area contributed by atoms with Gasteiger partial charge in [-0.25, -0.2) is 0 Å². The van der Waals surface area contributed by atoms with E-state index < -0.39 is 7.14 Å². The number of hydrogen-bond donors (Lipinski definition) is 0. The van der Waals surface area contributed by atoms with Gasteiger partial charge in [0, 0.05) is 11.7 Å². The molecule has 3 heteroatoms. The summed E-state index contributed by atoms with van der Waals surface area (Å²) in [4.78, 5) is 0. The third kappa shape index (κ3) is 4.04. The highest BCUT2D eigenvalue weighted by Gasteiger charge is 2.12. The molecule has 16 heavy (non-hydrogen) atoms. The summed E-state index contributed by atoms with van der Waals surface area (Å²) in [5.74, 6) is 1.79. The van der Waals surface area contributed by atoms with Gasteiger partial charge < -0.3 is 4.57 Å². The molecule has 0 saturated heterocycles. The van der Waals surface area contributed by atoms with Gasteiger partial charge in [0.1, 0.15) is 7.14 Å². The van der Waals surface area contributed by atoms with Crippen molar-refractivity contribution in [1.29, 1.82) is 5.26 Å². The maximum absolute atomic E-state index is 12.3. The highest BCUT2D eigenvalue weighted by atomic mass is 31.2. The lowest BCUT2D eigenvalue weighted by molar-refractivity contribution is 0.590. The van der Waals surface area contributed by atoms with Gasteiger partial charge in [0.05, 0.1) is 6.07 Å². The van der Waals surface area contributed by atoms with Crippen molar-refractivity contribution in [2.75, 3.05) is 6.66 Å². The second kappa shape index (κ2) is 6.30. The molecule has 1 aromatic carbocycles. The van der Waals surface area contributed by atoms with Gasteiger partial charge in [0.2, 0.25) is 0 Å². The van der Waals surface area contributed by atoms with Gasteiger partial charge in [-0.05, 0) is 25.3 Å². The summed E-state index contributed by atoms with van der Waals surface area (Å²) in [5.41, 5.74) is 0. The number of nitrogens with zero attached hydrogens (tertiary/aromatic N) is 1. The summed E-state index contributed by atoms with van der Waals surface area (Å²) in [7, 11) is -2.36. The molecule has 0 aliphatic heterocycles. The van der Waals surface area contributed by atoms with Crippen molar-refractivity contribution >= 4 is 12.4 Å². The molecule has 2 nitrogen and oxygen atoms in total. The van der Waals surface area contributed by atoms with Gasteiger partial charge in [0.25, 0.3) is 0 Å². The van der Waals surface area contributed by atoms with Gasteiger partial charge in [-0.15, -0.1) is 0 Å². The van der Waals surface area contributed by atoms with Crippen molar-refractivity contribution in [3.63, 3.8) is 0 Å². The summed E-state index contributed by atoms with van der Waals surface area (Å²) in [5, 5.41) is 9.26. The predicted molar refractivity (Wildman–Crippen MR) is 68.2 cm³/mol. The first kappa shape index (κ1) is 12.7. The molecule has 0 aliphatic rings. The highest BCUT2D eigenvalue weighted by molar-refractivity contribution is 7.73. The van der Waals surface area contributed by atoms with E-state index >= 15 is 0 Å². The Kier molecular flexibility index (Phi) is 5.02. The monoisotopic (exact) mass is 233 g/mol. The molecule has 0 aromatic heterocycles. The Hall–Kier alpha value is -1.32. The molecule has 0 amide bonds. The Labute approximate surface area is 97.0 Å². The lowest BCUT2D eigenvalue weighted by Gasteiger charge is -2.07. The zero-order valence-corrected chi connectivity index (χ0v) is 10.4. The summed E-state index contributed by atoms with van der Waals surface area (Å²) in [6.07, 6.45) is 4.13. The van der Waals surface area contributed by atoms with Crippen LogP contribution in [0.15, 0.2) is 42.2 Å². The fourth-order valence-corrected chi connectivity index (χ4v) is 2.87. The van der Waals surface area contributed by atoms with E-state index in [4.69, 9.17) is 5.26 Å². The first-order valence-electron chi connectivity index (χ1n) is 5.34. The SMILES string of the molecule is CP(=O)(/C=C/CCCC#N)c1ccccc1. The van der Waals surface area contributed by atoms with Crippen LogP contribution in [0.4, 0.5) is 0 Å². The summed E-state index contributed by atoms with van der Waals surface area (Å²) >= 11 is 0. The largest absolute Gasteiger partial charge is 0.315 e. The third-order valence-electron chi connectivity index (χ3n) is 2.32. The predicted octanol–water partition coefficient (Wildman–Crippen LogP) is 3.51. The molecule has 84 valence electrons. The lowest BCUT2D eigenvalue weighted by atomic mass is 10.2. The zero-order valence-electron chi connectivity index (χ0n) is 9.47. The van der Waals surface area contributed by atoms with Crippen LogP contribution in [0.1, 0.15) is 19.3 Å². The molecule has 1 rings (SSSR count). The van der Waals surface area contributed by atoms with Crippen molar-refractivity contribution in [3.8, 4) is 6.07 Å². The Morgan fingerprint density at radius 1 is 1.38 bits per heavy atom. The van der Waals surface area contributed by atoms with Crippen LogP contribution in [0.3, 0.4) is 0 Å². The van der Waals surface area contributed by atoms with Gasteiger partial charge >= 0.3 is 0 Å².